The first-order valence-electron chi connectivity index (χ1n) is 9.73. The highest BCUT2D eigenvalue weighted by Gasteiger charge is 2.61. The first kappa shape index (κ1) is 15.7. The van der Waals surface area contributed by atoms with Crippen LogP contribution in [0.4, 0.5) is 0 Å². The maximum absolute atomic E-state index is 12.7. The predicted molar refractivity (Wildman–Crippen MR) is 91.2 cm³/mol. The SMILES string of the molecule is CON=C[C@]12CC[C@H]3[C@@H](CCC4CCCC[C@@]43C)[C@@H]1CCC2=O. The van der Waals surface area contributed by atoms with Gasteiger partial charge < -0.3 is 4.84 Å². The second kappa shape index (κ2) is 5.60. The first-order valence-corrected chi connectivity index (χ1v) is 9.73. The van der Waals surface area contributed by atoms with Crippen LogP contribution in [0, 0.1) is 34.5 Å². The van der Waals surface area contributed by atoms with Crippen molar-refractivity contribution in [3.8, 4) is 0 Å². The average molecular weight is 317 g/mol. The molecule has 4 saturated carbocycles. The Morgan fingerprint density at radius 1 is 1.09 bits per heavy atom. The van der Waals surface area contributed by atoms with Crippen LogP contribution in [0.25, 0.3) is 0 Å². The Morgan fingerprint density at radius 2 is 1.96 bits per heavy atom. The van der Waals surface area contributed by atoms with Crippen LogP contribution in [-0.2, 0) is 9.63 Å². The quantitative estimate of drug-likeness (QED) is 0.551. The standard InChI is InChI=1S/C20H31NO2/c1-19-11-4-3-5-14(19)6-7-15-16(19)10-12-20(13-21-23-2)17(15)8-9-18(20)22/h13-17H,3-12H2,1-2H3/t14?,15-,16+,17+,19+,20-/m1/s1. The lowest BCUT2D eigenvalue weighted by Gasteiger charge is -2.59. The molecule has 0 aromatic heterocycles. The van der Waals surface area contributed by atoms with Gasteiger partial charge in [-0.2, -0.15) is 0 Å². The van der Waals surface area contributed by atoms with Gasteiger partial charge in [-0.3, -0.25) is 4.79 Å². The fraction of sp³-hybridized carbons (Fsp3) is 0.900. The molecule has 0 spiro atoms. The second-order valence-electron chi connectivity index (χ2n) is 8.86. The molecule has 4 fully saturated rings. The smallest absolute Gasteiger partial charge is 0.144 e. The minimum Gasteiger partial charge on any atom is -0.399 e. The first-order chi connectivity index (χ1) is 11.1. The number of hydrogen-bond acceptors (Lipinski definition) is 3. The van der Waals surface area contributed by atoms with Crippen molar-refractivity contribution in [1.82, 2.24) is 0 Å². The van der Waals surface area contributed by atoms with E-state index in [0.29, 0.717) is 17.1 Å². The molecular formula is C20H31NO2. The molecule has 3 heteroatoms. The van der Waals surface area contributed by atoms with Crippen LogP contribution >= 0.6 is 0 Å². The van der Waals surface area contributed by atoms with Crippen LogP contribution in [0.3, 0.4) is 0 Å². The molecule has 4 rings (SSSR count). The molecule has 0 aromatic carbocycles. The summed E-state index contributed by atoms with van der Waals surface area (Å²) >= 11 is 0. The topological polar surface area (TPSA) is 38.7 Å². The van der Waals surface area contributed by atoms with Crippen LogP contribution in [0.15, 0.2) is 5.16 Å². The van der Waals surface area contributed by atoms with Crippen LogP contribution in [-0.4, -0.2) is 19.1 Å². The normalized spacial score (nSPS) is 49.6. The van der Waals surface area contributed by atoms with Crippen molar-refractivity contribution < 1.29 is 9.63 Å². The molecule has 3 nitrogen and oxygen atoms in total. The maximum atomic E-state index is 12.7. The number of ketones is 1. The van der Waals surface area contributed by atoms with Gasteiger partial charge in [0.15, 0.2) is 0 Å². The number of Topliss-reactive ketones (excluding diaryl/α,β-unsaturated/α-hetero) is 1. The second-order valence-corrected chi connectivity index (χ2v) is 8.86. The molecule has 0 bridgehead atoms. The highest BCUT2D eigenvalue weighted by atomic mass is 16.6. The summed E-state index contributed by atoms with van der Waals surface area (Å²) in [6.07, 6.45) is 14.4. The van der Waals surface area contributed by atoms with E-state index in [4.69, 9.17) is 4.84 Å². The molecule has 6 atom stereocenters. The van der Waals surface area contributed by atoms with Crippen molar-refractivity contribution in [1.29, 1.82) is 0 Å². The van der Waals surface area contributed by atoms with E-state index >= 15 is 0 Å². The Hall–Kier alpha value is -0.860. The number of fused-ring (bicyclic) bond motifs is 5. The minimum absolute atomic E-state index is 0.297. The van der Waals surface area contributed by atoms with E-state index in [0.717, 1.165) is 37.0 Å². The minimum atomic E-state index is -0.297. The number of carbonyl (C=O) groups excluding carboxylic acids is 1. The lowest BCUT2D eigenvalue weighted by Crippen LogP contribution is -2.54. The molecule has 128 valence electrons. The lowest BCUT2D eigenvalue weighted by molar-refractivity contribution is -0.132. The van der Waals surface area contributed by atoms with Gasteiger partial charge in [-0.25, -0.2) is 0 Å². The van der Waals surface area contributed by atoms with Gasteiger partial charge in [0.25, 0.3) is 0 Å². The van der Waals surface area contributed by atoms with E-state index in [2.05, 4.69) is 12.1 Å². The van der Waals surface area contributed by atoms with Gasteiger partial charge >= 0.3 is 0 Å². The number of rotatable bonds is 2. The molecule has 0 aliphatic heterocycles. The Balaban J connectivity index is 1.66. The van der Waals surface area contributed by atoms with Gasteiger partial charge in [0.05, 0.1) is 11.6 Å². The molecule has 0 heterocycles. The zero-order valence-corrected chi connectivity index (χ0v) is 14.7. The Labute approximate surface area is 140 Å². The summed E-state index contributed by atoms with van der Waals surface area (Å²) in [6.45, 7) is 2.58. The van der Waals surface area contributed by atoms with Crippen LogP contribution in [0.1, 0.15) is 71.1 Å². The lowest BCUT2D eigenvalue weighted by atomic mass is 9.45. The molecule has 0 N–H and O–H groups in total. The molecule has 0 aromatic rings. The fourth-order valence-electron chi connectivity index (χ4n) is 7.18. The third-order valence-corrected chi connectivity index (χ3v) is 8.30. The highest BCUT2D eigenvalue weighted by Crippen LogP contribution is 2.65. The predicted octanol–water partition coefficient (Wildman–Crippen LogP) is 4.60. The maximum Gasteiger partial charge on any atom is 0.144 e. The fourth-order valence-corrected chi connectivity index (χ4v) is 7.18. The summed E-state index contributed by atoms with van der Waals surface area (Å²) in [5.74, 6) is 3.46. The summed E-state index contributed by atoms with van der Waals surface area (Å²) in [5.41, 5.74) is 0.242. The van der Waals surface area contributed by atoms with Gasteiger partial charge in [0.2, 0.25) is 0 Å². The van der Waals surface area contributed by atoms with Crippen molar-refractivity contribution in [3.63, 3.8) is 0 Å². The molecular weight excluding hydrogens is 286 g/mol. The van der Waals surface area contributed by atoms with Crippen molar-refractivity contribution in [2.45, 2.75) is 71.1 Å². The molecule has 23 heavy (non-hydrogen) atoms. The van der Waals surface area contributed by atoms with Gasteiger partial charge in [0.1, 0.15) is 12.9 Å². The van der Waals surface area contributed by atoms with E-state index in [-0.39, 0.29) is 5.41 Å². The van der Waals surface area contributed by atoms with Crippen molar-refractivity contribution >= 4 is 12.0 Å². The van der Waals surface area contributed by atoms with Gasteiger partial charge in [-0.05, 0) is 74.0 Å². The van der Waals surface area contributed by atoms with Crippen LogP contribution < -0.4 is 0 Å². The number of carbonyl (C=O) groups is 1. The summed E-state index contributed by atoms with van der Waals surface area (Å²) < 4.78 is 0. The molecule has 0 radical (unpaired) electrons. The van der Waals surface area contributed by atoms with Gasteiger partial charge in [-0.1, -0.05) is 24.9 Å². The number of oxime groups is 1. The summed E-state index contributed by atoms with van der Waals surface area (Å²) in [6, 6.07) is 0. The molecule has 4 aliphatic rings. The highest BCUT2D eigenvalue weighted by molar-refractivity contribution is 6.02. The number of hydrogen-bond donors (Lipinski definition) is 0. The largest absolute Gasteiger partial charge is 0.399 e. The van der Waals surface area contributed by atoms with E-state index < -0.39 is 0 Å². The van der Waals surface area contributed by atoms with Crippen LogP contribution in [0.2, 0.25) is 0 Å². The Bertz CT molecular complexity index is 516. The molecule has 0 amide bonds. The van der Waals surface area contributed by atoms with E-state index in [9.17, 15) is 4.79 Å². The zero-order valence-electron chi connectivity index (χ0n) is 14.7. The van der Waals surface area contributed by atoms with Crippen molar-refractivity contribution in [2.75, 3.05) is 7.11 Å². The molecule has 0 saturated heterocycles. The third kappa shape index (κ3) is 2.14. The molecule has 1 unspecified atom stereocenters. The summed E-state index contributed by atoms with van der Waals surface area (Å²) in [4.78, 5) is 17.7. The van der Waals surface area contributed by atoms with E-state index in [1.807, 2.05) is 6.21 Å². The zero-order chi connectivity index (χ0) is 16.1. The van der Waals surface area contributed by atoms with Crippen LogP contribution in [0.5, 0.6) is 0 Å². The molecule has 4 aliphatic carbocycles. The van der Waals surface area contributed by atoms with E-state index in [1.165, 1.54) is 44.9 Å². The third-order valence-electron chi connectivity index (χ3n) is 8.30. The summed E-state index contributed by atoms with van der Waals surface area (Å²) in [5, 5.41) is 4.07. The Kier molecular flexibility index (Phi) is 3.81. The monoisotopic (exact) mass is 317 g/mol. The van der Waals surface area contributed by atoms with Gasteiger partial charge in [-0.15, -0.1) is 0 Å². The van der Waals surface area contributed by atoms with Crippen molar-refractivity contribution in [3.05, 3.63) is 0 Å². The summed E-state index contributed by atoms with van der Waals surface area (Å²) in [7, 11) is 1.58. The number of nitrogens with zero attached hydrogens (tertiary/aromatic N) is 1. The van der Waals surface area contributed by atoms with Crippen molar-refractivity contribution in [2.24, 2.45) is 39.7 Å². The van der Waals surface area contributed by atoms with E-state index in [1.54, 1.807) is 7.11 Å². The van der Waals surface area contributed by atoms with Gasteiger partial charge in [0, 0.05) is 6.42 Å². The average Bonchev–Trinajstić information content (AvgIpc) is 2.90. The Morgan fingerprint density at radius 3 is 2.78 bits per heavy atom.